The van der Waals surface area contributed by atoms with E-state index >= 15 is 0 Å². The van der Waals surface area contributed by atoms with Gasteiger partial charge in [0, 0.05) is 4.88 Å². The lowest BCUT2D eigenvalue weighted by molar-refractivity contribution is 0.704. The van der Waals surface area contributed by atoms with E-state index in [4.69, 9.17) is 11.6 Å². The number of nitrogens with one attached hydrogen (secondary N) is 1. The first-order valence-corrected chi connectivity index (χ1v) is 7.29. The predicted octanol–water partition coefficient (Wildman–Crippen LogP) is 4.78. The third kappa shape index (κ3) is 2.91. The Morgan fingerprint density at radius 3 is 2.41 bits per heavy atom. The summed E-state index contributed by atoms with van der Waals surface area (Å²) in [6.45, 7) is 2.09. The molecule has 1 aromatic heterocycles. The van der Waals surface area contributed by atoms with Crippen molar-refractivity contribution in [3.05, 3.63) is 55.1 Å². The molecule has 0 saturated carbocycles. The number of hydrogen-bond donors (Lipinski definition) is 1. The average molecular weight is 331 g/mol. The maximum Gasteiger partial charge on any atom is 0.0888 e. The Morgan fingerprint density at radius 2 is 1.94 bits per heavy atom. The summed E-state index contributed by atoms with van der Waals surface area (Å²) in [5.74, 6) is 0. The van der Waals surface area contributed by atoms with E-state index < -0.39 is 0 Å². The number of rotatable bonds is 3. The molecule has 2 rings (SSSR count). The van der Waals surface area contributed by atoms with Crippen molar-refractivity contribution in [2.24, 2.45) is 0 Å². The molecule has 1 atom stereocenters. The van der Waals surface area contributed by atoms with Gasteiger partial charge in [0.05, 0.1) is 14.9 Å². The fraction of sp³-hybridized carbons (Fsp3) is 0.231. The number of benzene rings is 1. The van der Waals surface area contributed by atoms with Gasteiger partial charge in [0.1, 0.15) is 0 Å². The molecule has 4 heteroatoms. The van der Waals surface area contributed by atoms with Crippen molar-refractivity contribution >= 4 is 38.9 Å². The number of halogens is 2. The summed E-state index contributed by atoms with van der Waals surface area (Å²) in [6.07, 6.45) is 0. The first-order chi connectivity index (χ1) is 8.11. The first kappa shape index (κ1) is 13.1. The van der Waals surface area contributed by atoms with Crippen LogP contribution < -0.4 is 5.32 Å². The van der Waals surface area contributed by atoms with Crippen molar-refractivity contribution in [2.45, 2.75) is 13.0 Å². The Morgan fingerprint density at radius 1 is 1.29 bits per heavy atom. The summed E-state index contributed by atoms with van der Waals surface area (Å²) in [5, 5.41) is 4.10. The van der Waals surface area contributed by atoms with Crippen LogP contribution in [0.5, 0.6) is 0 Å². The molecule has 1 unspecified atom stereocenters. The van der Waals surface area contributed by atoms with E-state index in [0.717, 1.165) is 8.81 Å². The van der Waals surface area contributed by atoms with E-state index in [1.807, 2.05) is 13.1 Å². The summed E-state index contributed by atoms with van der Waals surface area (Å²) in [6, 6.07) is 10.8. The maximum atomic E-state index is 6.08. The van der Waals surface area contributed by atoms with E-state index in [1.54, 1.807) is 11.3 Å². The van der Waals surface area contributed by atoms with Gasteiger partial charge < -0.3 is 5.32 Å². The van der Waals surface area contributed by atoms with Crippen LogP contribution in [0.2, 0.25) is 5.02 Å². The minimum Gasteiger partial charge on any atom is -0.309 e. The fourth-order valence-electron chi connectivity index (χ4n) is 1.74. The molecule has 1 nitrogen and oxygen atoms in total. The van der Waals surface area contributed by atoms with Crippen LogP contribution in [0.1, 0.15) is 22.0 Å². The lowest BCUT2D eigenvalue weighted by Crippen LogP contribution is -2.16. The molecule has 90 valence electrons. The fourth-order valence-corrected chi connectivity index (χ4v) is 3.62. The number of hydrogen-bond acceptors (Lipinski definition) is 2. The van der Waals surface area contributed by atoms with Crippen LogP contribution in [-0.4, -0.2) is 7.05 Å². The highest BCUT2D eigenvalue weighted by Gasteiger charge is 2.16. The second kappa shape index (κ2) is 5.53. The number of thiophene rings is 1. The van der Waals surface area contributed by atoms with Crippen molar-refractivity contribution in [2.75, 3.05) is 7.05 Å². The summed E-state index contributed by atoms with van der Waals surface area (Å²) in [5.41, 5.74) is 2.53. The Hall–Kier alpha value is -0.350. The Kier molecular flexibility index (Phi) is 4.26. The second-order valence-electron chi connectivity index (χ2n) is 3.90. The third-order valence-corrected chi connectivity index (χ3v) is 5.19. The van der Waals surface area contributed by atoms with E-state index in [1.165, 1.54) is 16.0 Å². The molecule has 0 spiro atoms. The molecule has 0 aliphatic carbocycles. The minimum atomic E-state index is 0.199. The Balaban J connectivity index is 2.36. The monoisotopic (exact) mass is 329 g/mol. The van der Waals surface area contributed by atoms with E-state index in [9.17, 15) is 0 Å². The van der Waals surface area contributed by atoms with Crippen LogP contribution in [-0.2, 0) is 0 Å². The van der Waals surface area contributed by atoms with Crippen LogP contribution in [0.25, 0.3) is 0 Å². The van der Waals surface area contributed by atoms with Gasteiger partial charge in [-0.2, -0.15) is 0 Å². The van der Waals surface area contributed by atoms with Gasteiger partial charge in [0.15, 0.2) is 0 Å². The summed E-state index contributed by atoms with van der Waals surface area (Å²) in [7, 11) is 1.96. The lowest BCUT2D eigenvalue weighted by atomic mass is 10.0. The zero-order valence-corrected chi connectivity index (χ0v) is 12.8. The molecule has 0 aliphatic rings. The van der Waals surface area contributed by atoms with Crippen LogP contribution in [0.15, 0.2) is 34.1 Å². The molecule has 0 bridgehead atoms. The largest absolute Gasteiger partial charge is 0.309 e. The van der Waals surface area contributed by atoms with Gasteiger partial charge >= 0.3 is 0 Å². The zero-order valence-electron chi connectivity index (χ0n) is 9.63. The van der Waals surface area contributed by atoms with Gasteiger partial charge in [-0.3, -0.25) is 0 Å². The maximum absolute atomic E-state index is 6.08. The van der Waals surface area contributed by atoms with Gasteiger partial charge in [-0.05, 0) is 41.5 Å². The van der Waals surface area contributed by atoms with Crippen molar-refractivity contribution < 1.29 is 0 Å². The highest BCUT2D eigenvalue weighted by molar-refractivity contribution is 9.11. The highest BCUT2D eigenvalue weighted by atomic mass is 79.9. The molecule has 0 radical (unpaired) electrons. The zero-order chi connectivity index (χ0) is 12.4. The van der Waals surface area contributed by atoms with Crippen LogP contribution >= 0.6 is 38.9 Å². The molecule has 0 fully saturated rings. The average Bonchev–Trinajstić information content (AvgIpc) is 2.63. The minimum absolute atomic E-state index is 0.199. The van der Waals surface area contributed by atoms with Gasteiger partial charge in [-0.1, -0.05) is 41.4 Å². The molecular formula is C13H13BrClNS. The molecule has 1 heterocycles. The van der Waals surface area contributed by atoms with Crippen LogP contribution in [0.3, 0.4) is 0 Å². The van der Waals surface area contributed by atoms with Crippen LogP contribution in [0, 0.1) is 6.92 Å². The molecule has 1 aromatic carbocycles. The molecule has 0 amide bonds. The molecule has 0 aliphatic heterocycles. The second-order valence-corrected chi connectivity index (χ2v) is 6.71. The smallest absolute Gasteiger partial charge is 0.0888 e. The van der Waals surface area contributed by atoms with Crippen molar-refractivity contribution in [1.29, 1.82) is 0 Å². The van der Waals surface area contributed by atoms with Crippen molar-refractivity contribution in [1.82, 2.24) is 5.32 Å². The SMILES string of the molecule is CNC(c1ccc(C)cc1)c1cc(Cl)c(Br)s1. The third-order valence-electron chi connectivity index (χ3n) is 2.65. The molecular weight excluding hydrogens is 318 g/mol. The van der Waals surface area contributed by atoms with Gasteiger partial charge in [0.25, 0.3) is 0 Å². The van der Waals surface area contributed by atoms with Gasteiger partial charge in [0.2, 0.25) is 0 Å². The summed E-state index contributed by atoms with van der Waals surface area (Å²) >= 11 is 11.2. The first-order valence-electron chi connectivity index (χ1n) is 5.30. The highest BCUT2D eigenvalue weighted by Crippen LogP contribution is 2.37. The Labute approximate surface area is 119 Å². The molecule has 2 aromatic rings. The van der Waals surface area contributed by atoms with E-state index in [-0.39, 0.29) is 6.04 Å². The summed E-state index contributed by atoms with van der Waals surface area (Å²) in [4.78, 5) is 1.22. The molecule has 1 N–H and O–H groups in total. The van der Waals surface area contributed by atoms with Gasteiger partial charge in [-0.25, -0.2) is 0 Å². The molecule has 0 saturated heterocycles. The van der Waals surface area contributed by atoms with E-state index in [0.29, 0.717) is 0 Å². The van der Waals surface area contributed by atoms with E-state index in [2.05, 4.69) is 52.4 Å². The van der Waals surface area contributed by atoms with Crippen molar-refractivity contribution in [3.8, 4) is 0 Å². The quantitative estimate of drug-likeness (QED) is 0.854. The lowest BCUT2D eigenvalue weighted by Gasteiger charge is -2.15. The topological polar surface area (TPSA) is 12.0 Å². The standard InChI is InChI=1S/C13H13BrClNS/c1-8-3-5-9(6-4-8)12(16-2)11-7-10(15)13(14)17-11/h3-7,12,16H,1-2H3. The van der Waals surface area contributed by atoms with Crippen LogP contribution in [0.4, 0.5) is 0 Å². The Bertz CT molecular complexity index is 487. The molecule has 17 heavy (non-hydrogen) atoms. The van der Waals surface area contributed by atoms with Gasteiger partial charge in [-0.15, -0.1) is 11.3 Å². The van der Waals surface area contributed by atoms with Crippen molar-refractivity contribution in [3.63, 3.8) is 0 Å². The number of aryl methyl sites for hydroxylation is 1. The predicted molar refractivity (Wildman–Crippen MR) is 79.1 cm³/mol. The normalized spacial score (nSPS) is 12.7. The summed E-state index contributed by atoms with van der Waals surface area (Å²) < 4.78 is 0.988.